The summed E-state index contributed by atoms with van der Waals surface area (Å²) >= 11 is 1.46. The van der Waals surface area contributed by atoms with E-state index in [0.717, 1.165) is 5.56 Å². The van der Waals surface area contributed by atoms with Crippen molar-refractivity contribution in [3.8, 4) is 11.3 Å². The third kappa shape index (κ3) is 3.84. The van der Waals surface area contributed by atoms with Gasteiger partial charge in [-0.25, -0.2) is 9.37 Å². The lowest BCUT2D eigenvalue weighted by molar-refractivity contribution is -0.140. The predicted octanol–water partition coefficient (Wildman–Crippen LogP) is 3.43. The summed E-state index contributed by atoms with van der Waals surface area (Å²) in [7, 11) is 0. The summed E-state index contributed by atoms with van der Waals surface area (Å²) in [6, 6.07) is 5.97. The number of oxazole rings is 1. The Kier molecular flexibility index (Phi) is 4.79. The number of carboxylic acids is 1. The molecule has 0 aliphatic heterocycles. The van der Waals surface area contributed by atoms with E-state index in [9.17, 15) is 9.18 Å². The Morgan fingerprint density at radius 3 is 2.80 bits per heavy atom. The van der Waals surface area contributed by atoms with Crippen LogP contribution in [0, 0.1) is 11.7 Å². The first-order valence-electron chi connectivity index (χ1n) is 6.07. The molecule has 0 saturated heterocycles. The number of thioether (sulfide) groups is 1. The standard InChI is InChI=1S/C14H14FNO3S/c1-9(14(17)18)7-20-8-13-16-6-12(19-13)10-2-4-11(15)5-3-10/h2-6,9H,7-8H2,1H3,(H,17,18). The van der Waals surface area contributed by atoms with E-state index in [1.165, 1.54) is 23.9 Å². The molecule has 20 heavy (non-hydrogen) atoms. The molecule has 0 aliphatic carbocycles. The van der Waals surface area contributed by atoms with E-state index in [0.29, 0.717) is 23.2 Å². The Labute approximate surface area is 120 Å². The van der Waals surface area contributed by atoms with Crippen LogP contribution in [0.15, 0.2) is 34.9 Å². The monoisotopic (exact) mass is 295 g/mol. The second-order valence-corrected chi connectivity index (χ2v) is 5.41. The highest BCUT2D eigenvalue weighted by Gasteiger charge is 2.12. The molecule has 4 nitrogen and oxygen atoms in total. The average Bonchev–Trinajstić information content (AvgIpc) is 2.88. The summed E-state index contributed by atoms with van der Waals surface area (Å²) in [6.45, 7) is 1.66. The molecule has 1 N–H and O–H groups in total. The number of aromatic nitrogens is 1. The molecule has 1 heterocycles. The number of rotatable bonds is 6. The highest BCUT2D eigenvalue weighted by Crippen LogP contribution is 2.23. The minimum Gasteiger partial charge on any atom is -0.481 e. The molecule has 0 fully saturated rings. The van der Waals surface area contributed by atoms with E-state index in [4.69, 9.17) is 9.52 Å². The zero-order valence-corrected chi connectivity index (χ0v) is 11.7. The van der Waals surface area contributed by atoms with E-state index in [2.05, 4.69) is 4.98 Å². The van der Waals surface area contributed by atoms with Gasteiger partial charge in [-0.15, -0.1) is 0 Å². The smallest absolute Gasteiger partial charge is 0.307 e. The van der Waals surface area contributed by atoms with Gasteiger partial charge in [0.05, 0.1) is 17.9 Å². The normalized spacial score (nSPS) is 12.3. The van der Waals surface area contributed by atoms with Crippen molar-refractivity contribution < 1.29 is 18.7 Å². The molecule has 0 spiro atoms. The summed E-state index contributed by atoms with van der Waals surface area (Å²) in [4.78, 5) is 14.8. The molecule has 6 heteroatoms. The maximum atomic E-state index is 12.8. The van der Waals surface area contributed by atoms with Crippen LogP contribution in [0.25, 0.3) is 11.3 Å². The number of benzene rings is 1. The lowest BCUT2D eigenvalue weighted by Gasteiger charge is -2.03. The number of carbonyl (C=O) groups is 1. The van der Waals surface area contributed by atoms with Crippen LogP contribution >= 0.6 is 11.8 Å². The quantitative estimate of drug-likeness (QED) is 0.884. The highest BCUT2D eigenvalue weighted by molar-refractivity contribution is 7.98. The van der Waals surface area contributed by atoms with Gasteiger partial charge in [0.1, 0.15) is 5.82 Å². The van der Waals surface area contributed by atoms with Crippen molar-refractivity contribution in [2.24, 2.45) is 5.92 Å². The van der Waals surface area contributed by atoms with Gasteiger partial charge in [-0.2, -0.15) is 11.8 Å². The summed E-state index contributed by atoms with van der Waals surface area (Å²) in [5.41, 5.74) is 0.758. The third-order valence-electron chi connectivity index (χ3n) is 2.70. The third-order valence-corrected chi connectivity index (χ3v) is 3.88. The Balaban J connectivity index is 1.92. The van der Waals surface area contributed by atoms with Crippen LogP contribution < -0.4 is 0 Å². The van der Waals surface area contributed by atoms with Crippen LogP contribution in [0.3, 0.4) is 0 Å². The van der Waals surface area contributed by atoms with Crippen molar-refractivity contribution in [2.45, 2.75) is 12.7 Å². The second-order valence-electron chi connectivity index (χ2n) is 4.38. The predicted molar refractivity (Wildman–Crippen MR) is 74.9 cm³/mol. The number of aliphatic carboxylic acids is 1. The Morgan fingerprint density at radius 1 is 1.45 bits per heavy atom. The van der Waals surface area contributed by atoms with Gasteiger partial charge in [0, 0.05) is 11.3 Å². The minimum atomic E-state index is -0.808. The van der Waals surface area contributed by atoms with Crippen LogP contribution in [-0.4, -0.2) is 21.8 Å². The zero-order chi connectivity index (χ0) is 14.5. The minimum absolute atomic E-state index is 0.299. The molecule has 1 atom stereocenters. The van der Waals surface area contributed by atoms with Gasteiger partial charge in [0.15, 0.2) is 5.76 Å². The molecular weight excluding hydrogens is 281 g/mol. The van der Waals surface area contributed by atoms with Crippen molar-refractivity contribution in [1.82, 2.24) is 4.98 Å². The van der Waals surface area contributed by atoms with Crippen LogP contribution in [0.5, 0.6) is 0 Å². The SMILES string of the molecule is CC(CSCc1ncc(-c2ccc(F)cc2)o1)C(=O)O. The molecule has 1 aromatic heterocycles. The number of halogens is 1. The van der Waals surface area contributed by atoms with E-state index < -0.39 is 11.9 Å². The van der Waals surface area contributed by atoms with Crippen molar-refractivity contribution in [3.05, 3.63) is 42.2 Å². The number of hydrogen-bond donors (Lipinski definition) is 1. The largest absolute Gasteiger partial charge is 0.481 e. The number of carboxylic acid groups (broad SMARTS) is 1. The second kappa shape index (κ2) is 6.56. The molecule has 2 rings (SSSR count). The fourth-order valence-electron chi connectivity index (χ4n) is 1.52. The Hall–Kier alpha value is -1.82. The van der Waals surface area contributed by atoms with Gasteiger partial charge < -0.3 is 9.52 Å². The molecule has 1 aromatic carbocycles. The van der Waals surface area contributed by atoms with E-state index >= 15 is 0 Å². The lowest BCUT2D eigenvalue weighted by atomic mass is 10.2. The van der Waals surface area contributed by atoms with Gasteiger partial charge >= 0.3 is 5.97 Å². The first-order chi connectivity index (χ1) is 9.56. The first-order valence-corrected chi connectivity index (χ1v) is 7.23. The van der Waals surface area contributed by atoms with E-state index in [1.807, 2.05) is 0 Å². The average molecular weight is 295 g/mol. The van der Waals surface area contributed by atoms with Gasteiger partial charge in [-0.3, -0.25) is 4.79 Å². The molecule has 0 amide bonds. The maximum Gasteiger partial charge on any atom is 0.307 e. The van der Waals surface area contributed by atoms with Crippen molar-refractivity contribution >= 4 is 17.7 Å². The molecule has 0 bridgehead atoms. The van der Waals surface area contributed by atoms with Crippen molar-refractivity contribution in [2.75, 3.05) is 5.75 Å². The van der Waals surface area contributed by atoms with Crippen LogP contribution in [0.1, 0.15) is 12.8 Å². The molecule has 106 valence electrons. The molecular formula is C14H14FNO3S. The maximum absolute atomic E-state index is 12.8. The van der Waals surface area contributed by atoms with Crippen LogP contribution in [-0.2, 0) is 10.5 Å². The molecule has 2 aromatic rings. The van der Waals surface area contributed by atoms with Crippen LogP contribution in [0.4, 0.5) is 4.39 Å². The van der Waals surface area contributed by atoms with E-state index in [1.54, 1.807) is 25.3 Å². The molecule has 0 saturated carbocycles. The molecule has 0 aliphatic rings. The summed E-state index contributed by atoms with van der Waals surface area (Å²) in [6.07, 6.45) is 1.59. The zero-order valence-electron chi connectivity index (χ0n) is 10.9. The van der Waals surface area contributed by atoms with Gasteiger partial charge in [0.25, 0.3) is 0 Å². The van der Waals surface area contributed by atoms with Crippen molar-refractivity contribution in [1.29, 1.82) is 0 Å². The molecule has 1 unspecified atom stereocenters. The number of hydrogen-bond acceptors (Lipinski definition) is 4. The summed E-state index contributed by atoms with van der Waals surface area (Å²) in [5.74, 6) is 0.622. The van der Waals surface area contributed by atoms with Gasteiger partial charge in [-0.05, 0) is 24.3 Å². The summed E-state index contributed by atoms with van der Waals surface area (Å²) < 4.78 is 18.4. The topological polar surface area (TPSA) is 63.3 Å². The summed E-state index contributed by atoms with van der Waals surface area (Å²) in [5, 5.41) is 8.77. The highest BCUT2D eigenvalue weighted by atomic mass is 32.2. The Morgan fingerprint density at radius 2 is 2.15 bits per heavy atom. The fourth-order valence-corrected chi connectivity index (χ4v) is 2.44. The number of nitrogens with zero attached hydrogens (tertiary/aromatic N) is 1. The Bertz CT molecular complexity index is 582. The first kappa shape index (κ1) is 14.6. The fraction of sp³-hybridized carbons (Fsp3) is 0.286. The van der Waals surface area contributed by atoms with E-state index in [-0.39, 0.29) is 5.82 Å². The lowest BCUT2D eigenvalue weighted by Crippen LogP contribution is -2.11. The van der Waals surface area contributed by atoms with Crippen LogP contribution in [0.2, 0.25) is 0 Å². The van der Waals surface area contributed by atoms with Gasteiger partial charge in [-0.1, -0.05) is 6.92 Å². The van der Waals surface area contributed by atoms with Crippen molar-refractivity contribution in [3.63, 3.8) is 0 Å². The molecule has 0 radical (unpaired) electrons. The van der Waals surface area contributed by atoms with Gasteiger partial charge in [0.2, 0.25) is 5.89 Å².